The van der Waals surface area contributed by atoms with Gasteiger partial charge in [-0.25, -0.2) is 8.42 Å². The van der Waals surface area contributed by atoms with Crippen LogP contribution in [-0.4, -0.2) is 62.1 Å². The van der Waals surface area contributed by atoms with E-state index in [0.717, 1.165) is 31.5 Å². The van der Waals surface area contributed by atoms with Crippen molar-refractivity contribution >= 4 is 10.0 Å². The maximum Gasteiger partial charge on any atom is 0.211 e. The lowest BCUT2D eigenvalue weighted by molar-refractivity contribution is 0.0175. The summed E-state index contributed by atoms with van der Waals surface area (Å²) in [7, 11) is -3.03. The fraction of sp³-hybridized carbons (Fsp3) is 1.00. The monoisotopic (exact) mass is 287 g/mol. The van der Waals surface area contributed by atoms with Gasteiger partial charge in [-0.2, -0.15) is 4.31 Å². The number of piperazine rings is 1. The number of hydrogen-bond donors (Lipinski definition) is 1. The molecule has 2 N–H and O–H groups in total. The van der Waals surface area contributed by atoms with Gasteiger partial charge in [0.15, 0.2) is 0 Å². The van der Waals surface area contributed by atoms with Gasteiger partial charge >= 0.3 is 0 Å². The van der Waals surface area contributed by atoms with E-state index < -0.39 is 10.0 Å². The van der Waals surface area contributed by atoms with Crippen molar-refractivity contribution in [2.75, 3.05) is 39.0 Å². The summed E-state index contributed by atoms with van der Waals surface area (Å²) < 4.78 is 24.7. The molecule has 2 bridgehead atoms. The lowest BCUT2D eigenvalue weighted by Gasteiger charge is -2.49. The Hall–Kier alpha value is -0.170. The molecule has 3 fully saturated rings. The third kappa shape index (κ3) is 2.22. The third-order valence-corrected chi connectivity index (χ3v) is 6.94. The number of rotatable bonds is 3. The molecule has 1 aliphatic heterocycles. The normalized spacial score (nSPS) is 40.9. The SMILES string of the molecule is CS(=O)(=O)N1CCN(C2(CN)CC3CCC2C3)CC1. The van der Waals surface area contributed by atoms with Crippen molar-refractivity contribution in [2.24, 2.45) is 17.6 Å². The number of hydrogen-bond acceptors (Lipinski definition) is 4. The van der Waals surface area contributed by atoms with E-state index in [4.69, 9.17) is 5.73 Å². The summed E-state index contributed by atoms with van der Waals surface area (Å²) in [5, 5.41) is 0. The van der Waals surface area contributed by atoms with Crippen molar-refractivity contribution in [3.05, 3.63) is 0 Å². The standard InChI is InChI=1S/C13H25N3O2S/c1-19(17,18)16-6-4-15(5-7-16)13(10-14)9-11-2-3-12(13)8-11/h11-12H,2-10,14H2,1H3. The van der Waals surface area contributed by atoms with Crippen molar-refractivity contribution in [2.45, 2.75) is 31.2 Å². The molecule has 0 aromatic heterocycles. The molecule has 0 aromatic carbocycles. The summed E-state index contributed by atoms with van der Waals surface area (Å²) in [5.41, 5.74) is 6.31. The minimum atomic E-state index is -3.03. The van der Waals surface area contributed by atoms with Crippen molar-refractivity contribution in [1.82, 2.24) is 9.21 Å². The summed E-state index contributed by atoms with van der Waals surface area (Å²) in [6.07, 6.45) is 6.55. The van der Waals surface area contributed by atoms with E-state index in [1.165, 1.54) is 31.9 Å². The van der Waals surface area contributed by atoms with Crippen molar-refractivity contribution < 1.29 is 8.42 Å². The summed E-state index contributed by atoms with van der Waals surface area (Å²) >= 11 is 0. The fourth-order valence-electron chi connectivity index (χ4n) is 4.65. The molecular formula is C13H25N3O2S. The van der Waals surface area contributed by atoms with Gasteiger partial charge in [-0.3, -0.25) is 4.90 Å². The second-order valence-electron chi connectivity index (χ2n) is 6.54. The zero-order valence-electron chi connectivity index (χ0n) is 11.7. The van der Waals surface area contributed by atoms with Crippen LogP contribution in [0.4, 0.5) is 0 Å². The molecule has 3 unspecified atom stereocenters. The van der Waals surface area contributed by atoms with Gasteiger partial charge in [-0.05, 0) is 31.1 Å². The van der Waals surface area contributed by atoms with Crippen molar-refractivity contribution in [1.29, 1.82) is 0 Å². The van der Waals surface area contributed by atoms with Gasteiger partial charge in [-0.15, -0.1) is 0 Å². The second kappa shape index (κ2) is 4.69. The summed E-state index contributed by atoms with van der Waals surface area (Å²) in [6, 6.07) is 0. The molecule has 1 heterocycles. The van der Waals surface area contributed by atoms with Gasteiger partial charge in [0.25, 0.3) is 0 Å². The molecule has 0 aromatic rings. The minimum absolute atomic E-state index is 0.173. The Morgan fingerprint density at radius 1 is 1.21 bits per heavy atom. The van der Waals surface area contributed by atoms with E-state index in [-0.39, 0.29) is 5.54 Å². The highest BCUT2D eigenvalue weighted by Crippen LogP contribution is 2.53. The average molecular weight is 287 g/mol. The third-order valence-electron chi connectivity index (χ3n) is 5.63. The maximum atomic E-state index is 11.6. The van der Waals surface area contributed by atoms with Crippen LogP contribution in [0.1, 0.15) is 25.7 Å². The Labute approximate surface area is 116 Å². The molecule has 3 aliphatic rings. The van der Waals surface area contributed by atoms with Crippen LogP contribution in [0.25, 0.3) is 0 Å². The first kappa shape index (κ1) is 13.8. The predicted octanol–water partition coefficient (Wildman–Crippen LogP) is 0.0811. The van der Waals surface area contributed by atoms with Crippen LogP contribution in [0.15, 0.2) is 0 Å². The van der Waals surface area contributed by atoms with E-state index in [2.05, 4.69) is 4.90 Å². The van der Waals surface area contributed by atoms with E-state index >= 15 is 0 Å². The van der Waals surface area contributed by atoms with E-state index in [1.54, 1.807) is 4.31 Å². The largest absolute Gasteiger partial charge is 0.329 e. The molecule has 5 nitrogen and oxygen atoms in total. The molecule has 1 saturated heterocycles. The van der Waals surface area contributed by atoms with Crippen LogP contribution in [0, 0.1) is 11.8 Å². The van der Waals surface area contributed by atoms with Crippen LogP contribution >= 0.6 is 0 Å². The molecule has 2 saturated carbocycles. The topological polar surface area (TPSA) is 66.6 Å². The maximum absolute atomic E-state index is 11.6. The predicted molar refractivity (Wildman–Crippen MR) is 75.2 cm³/mol. The Morgan fingerprint density at radius 3 is 2.32 bits per heavy atom. The zero-order chi connectivity index (χ0) is 13.7. The summed E-state index contributed by atoms with van der Waals surface area (Å²) in [4.78, 5) is 2.50. The first-order chi connectivity index (χ1) is 8.95. The first-order valence-electron chi connectivity index (χ1n) is 7.36. The highest BCUT2D eigenvalue weighted by molar-refractivity contribution is 7.88. The van der Waals surface area contributed by atoms with Gasteiger partial charge < -0.3 is 5.73 Å². The highest BCUT2D eigenvalue weighted by atomic mass is 32.2. The molecule has 6 heteroatoms. The van der Waals surface area contributed by atoms with E-state index in [9.17, 15) is 8.42 Å². The van der Waals surface area contributed by atoms with E-state index in [1.807, 2.05) is 0 Å². The average Bonchev–Trinajstić information content (AvgIpc) is 2.98. The van der Waals surface area contributed by atoms with Crippen LogP contribution in [0.3, 0.4) is 0 Å². The highest BCUT2D eigenvalue weighted by Gasteiger charge is 2.53. The smallest absolute Gasteiger partial charge is 0.211 e. The number of nitrogens with zero attached hydrogens (tertiary/aromatic N) is 2. The number of fused-ring (bicyclic) bond motifs is 2. The molecular weight excluding hydrogens is 262 g/mol. The Bertz CT molecular complexity index is 445. The van der Waals surface area contributed by atoms with Crippen LogP contribution in [0.5, 0.6) is 0 Å². The molecule has 0 amide bonds. The Balaban J connectivity index is 1.71. The zero-order valence-corrected chi connectivity index (χ0v) is 12.5. The quantitative estimate of drug-likeness (QED) is 0.798. The summed E-state index contributed by atoms with van der Waals surface area (Å²) in [6.45, 7) is 3.66. The van der Waals surface area contributed by atoms with Crippen molar-refractivity contribution in [3.8, 4) is 0 Å². The van der Waals surface area contributed by atoms with Gasteiger partial charge in [0.05, 0.1) is 6.26 Å². The molecule has 19 heavy (non-hydrogen) atoms. The molecule has 0 radical (unpaired) electrons. The van der Waals surface area contributed by atoms with Crippen LogP contribution in [0.2, 0.25) is 0 Å². The van der Waals surface area contributed by atoms with Crippen molar-refractivity contribution in [3.63, 3.8) is 0 Å². The lowest BCUT2D eigenvalue weighted by Crippen LogP contribution is -2.62. The molecule has 0 spiro atoms. The van der Waals surface area contributed by atoms with Gasteiger partial charge in [-0.1, -0.05) is 6.42 Å². The molecule has 3 atom stereocenters. The van der Waals surface area contributed by atoms with Gasteiger partial charge in [0.1, 0.15) is 0 Å². The number of sulfonamides is 1. The minimum Gasteiger partial charge on any atom is -0.329 e. The molecule has 110 valence electrons. The van der Waals surface area contributed by atoms with Gasteiger partial charge in [0.2, 0.25) is 10.0 Å². The van der Waals surface area contributed by atoms with E-state index in [0.29, 0.717) is 13.1 Å². The lowest BCUT2D eigenvalue weighted by atomic mass is 9.79. The van der Waals surface area contributed by atoms with Gasteiger partial charge in [0, 0.05) is 38.3 Å². The number of nitrogens with two attached hydrogens (primary N) is 1. The summed E-state index contributed by atoms with van der Waals surface area (Å²) in [5.74, 6) is 1.61. The Kier molecular flexibility index (Phi) is 3.40. The Morgan fingerprint density at radius 2 is 1.89 bits per heavy atom. The van der Waals surface area contributed by atoms with Crippen LogP contribution in [-0.2, 0) is 10.0 Å². The van der Waals surface area contributed by atoms with Crippen LogP contribution < -0.4 is 5.73 Å². The molecule has 3 rings (SSSR count). The molecule has 2 aliphatic carbocycles. The fourth-order valence-corrected chi connectivity index (χ4v) is 5.47. The first-order valence-corrected chi connectivity index (χ1v) is 9.21. The second-order valence-corrected chi connectivity index (χ2v) is 8.52.